The third-order valence-corrected chi connectivity index (χ3v) is 6.09. The summed E-state index contributed by atoms with van der Waals surface area (Å²) in [4.78, 5) is 4.65. The molecule has 96 valence electrons. The highest BCUT2D eigenvalue weighted by Crippen LogP contribution is 2.49. The summed E-state index contributed by atoms with van der Waals surface area (Å²) in [6.45, 7) is 5.66. The number of aliphatic imine (C=N–C) groups is 1. The Morgan fingerprint density at radius 3 is 2.82 bits per heavy atom. The maximum absolute atomic E-state index is 4.65. The van der Waals surface area contributed by atoms with Crippen LogP contribution >= 0.6 is 11.8 Å². The van der Waals surface area contributed by atoms with Gasteiger partial charge < -0.3 is 5.32 Å². The average molecular weight is 252 g/mol. The smallest absolute Gasteiger partial charge is 0.156 e. The van der Waals surface area contributed by atoms with Crippen LogP contribution in [0, 0.1) is 23.7 Å². The molecule has 2 nitrogen and oxygen atoms in total. The number of nitrogens with zero attached hydrogens (tertiary/aromatic N) is 1. The van der Waals surface area contributed by atoms with Gasteiger partial charge in [0.1, 0.15) is 0 Å². The van der Waals surface area contributed by atoms with Crippen LogP contribution < -0.4 is 5.32 Å². The standard InChI is InChI=1S/C14H24N2S/c1-9-7-15-14(17-8-9)16-10(2)13-6-11-3-4-12(13)5-11/h9-13H,3-8H2,1-2H3,(H,15,16). The highest BCUT2D eigenvalue weighted by Gasteiger charge is 2.42. The number of rotatable bonds is 2. The molecule has 0 aromatic carbocycles. The average Bonchev–Trinajstić information content (AvgIpc) is 2.94. The molecule has 3 aliphatic rings. The van der Waals surface area contributed by atoms with Crippen LogP contribution in [-0.2, 0) is 0 Å². The predicted octanol–water partition coefficient (Wildman–Crippen LogP) is 3.14. The lowest BCUT2D eigenvalue weighted by Crippen LogP contribution is -2.40. The zero-order valence-corrected chi connectivity index (χ0v) is 11.8. The van der Waals surface area contributed by atoms with Crippen LogP contribution in [-0.4, -0.2) is 23.5 Å². The minimum Gasteiger partial charge on any atom is -0.362 e. The van der Waals surface area contributed by atoms with Crippen LogP contribution in [0.1, 0.15) is 39.5 Å². The van der Waals surface area contributed by atoms with Crippen LogP contribution in [0.3, 0.4) is 0 Å². The van der Waals surface area contributed by atoms with Crippen LogP contribution in [0.15, 0.2) is 4.99 Å². The molecule has 0 spiro atoms. The van der Waals surface area contributed by atoms with Crippen molar-refractivity contribution in [2.75, 3.05) is 12.3 Å². The molecule has 17 heavy (non-hydrogen) atoms. The largest absolute Gasteiger partial charge is 0.362 e. The van der Waals surface area contributed by atoms with E-state index in [1.165, 1.54) is 36.6 Å². The lowest BCUT2D eigenvalue weighted by Gasteiger charge is -2.30. The third kappa shape index (κ3) is 2.49. The molecular formula is C14H24N2S. The molecule has 3 heteroatoms. The minimum absolute atomic E-state index is 0.630. The van der Waals surface area contributed by atoms with E-state index in [0.717, 1.165) is 30.2 Å². The van der Waals surface area contributed by atoms with Gasteiger partial charge in [-0.3, -0.25) is 4.99 Å². The molecule has 0 aromatic rings. The molecular weight excluding hydrogens is 228 g/mol. The van der Waals surface area contributed by atoms with E-state index in [2.05, 4.69) is 24.2 Å². The zero-order chi connectivity index (χ0) is 11.8. The summed E-state index contributed by atoms with van der Waals surface area (Å²) in [6, 6.07) is 0.630. The van der Waals surface area contributed by atoms with E-state index in [4.69, 9.17) is 0 Å². The first-order valence-corrected chi connectivity index (χ1v) is 8.14. The van der Waals surface area contributed by atoms with Gasteiger partial charge in [-0.1, -0.05) is 25.1 Å². The molecule has 1 heterocycles. The van der Waals surface area contributed by atoms with Crippen molar-refractivity contribution in [3.8, 4) is 0 Å². The van der Waals surface area contributed by atoms with Gasteiger partial charge in [0.05, 0.1) is 0 Å². The van der Waals surface area contributed by atoms with E-state index >= 15 is 0 Å². The fraction of sp³-hybridized carbons (Fsp3) is 0.929. The Labute approximate surface area is 109 Å². The van der Waals surface area contributed by atoms with Crippen molar-refractivity contribution in [3.63, 3.8) is 0 Å². The number of amidine groups is 1. The van der Waals surface area contributed by atoms with Gasteiger partial charge >= 0.3 is 0 Å². The molecule has 3 rings (SSSR count). The lowest BCUT2D eigenvalue weighted by molar-refractivity contribution is 0.279. The molecule has 2 aliphatic carbocycles. The highest BCUT2D eigenvalue weighted by molar-refractivity contribution is 8.13. The Hall–Kier alpha value is -0.180. The highest BCUT2D eigenvalue weighted by atomic mass is 32.2. The van der Waals surface area contributed by atoms with E-state index in [0.29, 0.717) is 6.04 Å². The monoisotopic (exact) mass is 252 g/mol. The fourth-order valence-electron chi connectivity index (χ4n) is 3.85. The Morgan fingerprint density at radius 2 is 2.24 bits per heavy atom. The van der Waals surface area contributed by atoms with Crippen molar-refractivity contribution in [3.05, 3.63) is 0 Å². The van der Waals surface area contributed by atoms with Crippen LogP contribution in [0.5, 0.6) is 0 Å². The first-order chi connectivity index (χ1) is 8.22. The summed E-state index contributed by atoms with van der Waals surface area (Å²) in [5, 5.41) is 4.89. The van der Waals surface area contributed by atoms with Crippen molar-refractivity contribution < 1.29 is 0 Å². The van der Waals surface area contributed by atoms with Crippen LogP contribution in [0.2, 0.25) is 0 Å². The molecule has 0 aromatic heterocycles. The molecule has 0 saturated heterocycles. The molecule has 0 amide bonds. The van der Waals surface area contributed by atoms with E-state index in [9.17, 15) is 0 Å². The summed E-state index contributed by atoms with van der Waals surface area (Å²) in [6.07, 6.45) is 5.96. The van der Waals surface area contributed by atoms with Gasteiger partial charge in [0.2, 0.25) is 0 Å². The number of hydrogen-bond acceptors (Lipinski definition) is 3. The summed E-state index contributed by atoms with van der Waals surface area (Å²) in [5.41, 5.74) is 0. The molecule has 1 aliphatic heterocycles. The quantitative estimate of drug-likeness (QED) is 0.816. The van der Waals surface area contributed by atoms with E-state index in [1.807, 2.05) is 11.8 Å². The van der Waals surface area contributed by atoms with Gasteiger partial charge in [0, 0.05) is 18.3 Å². The molecule has 5 atom stereocenters. The molecule has 0 radical (unpaired) electrons. The maximum Gasteiger partial charge on any atom is 0.156 e. The maximum atomic E-state index is 4.65. The molecule has 2 fully saturated rings. The van der Waals surface area contributed by atoms with E-state index in [-0.39, 0.29) is 0 Å². The van der Waals surface area contributed by atoms with Crippen molar-refractivity contribution in [2.24, 2.45) is 28.7 Å². The second kappa shape index (κ2) is 4.83. The minimum atomic E-state index is 0.630. The van der Waals surface area contributed by atoms with Gasteiger partial charge in [-0.15, -0.1) is 0 Å². The number of thioether (sulfide) groups is 1. The van der Waals surface area contributed by atoms with Gasteiger partial charge in [-0.05, 0) is 49.9 Å². The Morgan fingerprint density at radius 1 is 1.35 bits per heavy atom. The molecule has 2 saturated carbocycles. The van der Waals surface area contributed by atoms with Crippen molar-refractivity contribution >= 4 is 16.9 Å². The van der Waals surface area contributed by atoms with Crippen molar-refractivity contribution in [1.82, 2.24) is 5.32 Å². The van der Waals surface area contributed by atoms with Gasteiger partial charge in [0.15, 0.2) is 5.17 Å². The van der Waals surface area contributed by atoms with Gasteiger partial charge in [0.25, 0.3) is 0 Å². The topological polar surface area (TPSA) is 24.4 Å². The third-order valence-electron chi connectivity index (χ3n) is 4.84. The second-order valence-electron chi connectivity index (χ2n) is 6.33. The summed E-state index contributed by atoms with van der Waals surface area (Å²) in [7, 11) is 0. The normalized spacial score (nSPS) is 42.4. The molecule has 2 bridgehead atoms. The SMILES string of the molecule is CC1CN=C(NC(C)C2CC3CCC2C3)SC1. The first-order valence-electron chi connectivity index (χ1n) is 7.16. The van der Waals surface area contributed by atoms with Crippen LogP contribution in [0.25, 0.3) is 0 Å². The van der Waals surface area contributed by atoms with Crippen molar-refractivity contribution in [2.45, 2.75) is 45.6 Å². The first kappa shape index (κ1) is 11.9. The van der Waals surface area contributed by atoms with Gasteiger partial charge in [-0.25, -0.2) is 0 Å². The zero-order valence-electron chi connectivity index (χ0n) is 11.0. The predicted molar refractivity (Wildman–Crippen MR) is 75.5 cm³/mol. The summed E-state index contributed by atoms with van der Waals surface area (Å²) < 4.78 is 0. The molecule has 5 unspecified atom stereocenters. The lowest BCUT2D eigenvalue weighted by atomic mass is 9.84. The number of fused-ring (bicyclic) bond motifs is 2. The Kier molecular flexibility index (Phi) is 3.38. The molecule has 1 N–H and O–H groups in total. The van der Waals surface area contributed by atoms with E-state index in [1.54, 1.807) is 0 Å². The van der Waals surface area contributed by atoms with Crippen LogP contribution in [0.4, 0.5) is 0 Å². The second-order valence-corrected chi connectivity index (χ2v) is 7.34. The van der Waals surface area contributed by atoms with E-state index < -0.39 is 0 Å². The fourth-order valence-corrected chi connectivity index (χ4v) is 4.84. The summed E-state index contributed by atoms with van der Waals surface area (Å²) >= 11 is 1.92. The van der Waals surface area contributed by atoms with Crippen molar-refractivity contribution in [1.29, 1.82) is 0 Å². The Balaban J connectivity index is 1.55. The van der Waals surface area contributed by atoms with Gasteiger partial charge in [-0.2, -0.15) is 0 Å². The Bertz CT molecular complexity index is 315. The number of hydrogen-bond donors (Lipinski definition) is 1. The summed E-state index contributed by atoms with van der Waals surface area (Å²) in [5.74, 6) is 4.96. The number of nitrogens with one attached hydrogen (secondary N) is 1.